The molecule has 0 spiro atoms. The lowest BCUT2D eigenvalue weighted by Crippen LogP contribution is -2.43. The van der Waals surface area contributed by atoms with Gasteiger partial charge in [0.25, 0.3) is 0 Å². The van der Waals surface area contributed by atoms with E-state index in [2.05, 4.69) is 18.7 Å². The number of hydrogen-bond donors (Lipinski definition) is 1. The molecule has 1 amide bonds. The maximum Gasteiger partial charge on any atom is 0.225 e. The molecule has 0 saturated heterocycles. The van der Waals surface area contributed by atoms with Gasteiger partial charge in [-0.1, -0.05) is 20.3 Å². The lowest BCUT2D eigenvalue weighted by Gasteiger charge is -2.32. The van der Waals surface area contributed by atoms with E-state index in [0.717, 1.165) is 32.2 Å². The maximum absolute atomic E-state index is 12.5. The molecule has 2 saturated carbocycles. The van der Waals surface area contributed by atoms with Crippen molar-refractivity contribution >= 4 is 5.91 Å². The molecule has 0 bridgehead atoms. The van der Waals surface area contributed by atoms with E-state index in [0.29, 0.717) is 17.9 Å². The van der Waals surface area contributed by atoms with Gasteiger partial charge in [-0.15, -0.1) is 0 Å². The molecule has 17 heavy (non-hydrogen) atoms. The van der Waals surface area contributed by atoms with Gasteiger partial charge in [0.05, 0.1) is 0 Å². The predicted octanol–water partition coefficient (Wildman–Crippen LogP) is 2.15. The summed E-state index contributed by atoms with van der Waals surface area (Å²) in [6.07, 6.45) is 6.58. The van der Waals surface area contributed by atoms with Crippen LogP contribution in [0, 0.1) is 11.8 Å². The van der Waals surface area contributed by atoms with E-state index < -0.39 is 0 Å². The molecule has 3 heteroatoms. The first-order valence-electron chi connectivity index (χ1n) is 7.14. The van der Waals surface area contributed by atoms with Crippen molar-refractivity contribution in [2.75, 3.05) is 6.54 Å². The molecular weight excluding hydrogens is 212 g/mol. The number of nitrogens with two attached hydrogens (primary N) is 1. The van der Waals surface area contributed by atoms with Gasteiger partial charge in [0.1, 0.15) is 0 Å². The number of rotatable bonds is 4. The van der Waals surface area contributed by atoms with E-state index in [9.17, 15) is 4.79 Å². The summed E-state index contributed by atoms with van der Waals surface area (Å²) in [5.41, 5.74) is 5.99. The topological polar surface area (TPSA) is 46.3 Å². The highest BCUT2D eigenvalue weighted by Crippen LogP contribution is 2.32. The van der Waals surface area contributed by atoms with Gasteiger partial charge in [-0.2, -0.15) is 0 Å². The molecule has 2 unspecified atom stereocenters. The molecule has 98 valence electrons. The molecule has 0 aromatic heterocycles. The van der Waals surface area contributed by atoms with Crippen LogP contribution in [0.5, 0.6) is 0 Å². The van der Waals surface area contributed by atoms with E-state index in [1.807, 2.05) is 0 Å². The first-order valence-corrected chi connectivity index (χ1v) is 7.14. The Kier molecular flexibility index (Phi) is 4.08. The molecule has 0 aromatic carbocycles. The van der Waals surface area contributed by atoms with Crippen LogP contribution < -0.4 is 5.73 Å². The lowest BCUT2D eigenvalue weighted by molar-refractivity contribution is -0.137. The fourth-order valence-corrected chi connectivity index (χ4v) is 2.88. The minimum Gasteiger partial charge on any atom is -0.339 e. The zero-order valence-electron chi connectivity index (χ0n) is 11.2. The van der Waals surface area contributed by atoms with Crippen molar-refractivity contribution < 1.29 is 4.79 Å². The minimum atomic E-state index is 0.207. The third kappa shape index (κ3) is 3.44. The summed E-state index contributed by atoms with van der Waals surface area (Å²) < 4.78 is 0. The van der Waals surface area contributed by atoms with Crippen LogP contribution >= 0.6 is 0 Å². The average Bonchev–Trinajstić information content (AvgIpc) is 3.08. The number of carbonyl (C=O) groups is 1. The Hall–Kier alpha value is -0.570. The summed E-state index contributed by atoms with van der Waals surface area (Å²) in [7, 11) is 0. The van der Waals surface area contributed by atoms with Crippen molar-refractivity contribution in [2.45, 2.75) is 64.5 Å². The molecule has 2 fully saturated rings. The van der Waals surface area contributed by atoms with Crippen LogP contribution in [0.15, 0.2) is 0 Å². The molecule has 2 aliphatic rings. The van der Waals surface area contributed by atoms with Crippen LogP contribution in [0.2, 0.25) is 0 Å². The van der Waals surface area contributed by atoms with Crippen LogP contribution in [0.25, 0.3) is 0 Å². The van der Waals surface area contributed by atoms with Gasteiger partial charge in [0.2, 0.25) is 5.91 Å². The van der Waals surface area contributed by atoms with Gasteiger partial charge in [0.15, 0.2) is 0 Å². The Morgan fingerprint density at radius 2 is 2.00 bits per heavy atom. The summed E-state index contributed by atoms with van der Waals surface area (Å²) in [6, 6.07) is 0.792. The van der Waals surface area contributed by atoms with Crippen LogP contribution in [-0.2, 0) is 4.79 Å². The monoisotopic (exact) mass is 238 g/mol. The first kappa shape index (κ1) is 12.9. The molecule has 0 radical (unpaired) electrons. The van der Waals surface area contributed by atoms with Gasteiger partial charge >= 0.3 is 0 Å². The first-order chi connectivity index (χ1) is 8.08. The van der Waals surface area contributed by atoms with Gasteiger partial charge in [-0.05, 0) is 38.0 Å². The Labute approximate surface area is 105 Å². The number of amides is 1. The van der Waals surface area contributed by atoms with Crippen LogP contribution in [-0.4, -0.2) is 29.4 Å². The summed E-state index contributed by atoms with van der Waals surface area (Å²) in [5, 5.41) is 0. The summed E-state index contributed by atoms with van der Waals surface area (Å²) in [4.78, 5) is 14.7. The Morgan fingerprint density at radius 3 is 2.53 bits per heavy atom. The Balaban J connectivity index is 1.95. The minimum absolute atomic E-state index is 0.207. The molecule has 2 atom stereocenters. The second-order valence-corrected chi connectivity index (χ2v) is 6.24. The molecule has 2 rings (SSSR count). The third-order valence-corrected chi connectivity index (χ3v) is 3.90. The molecule has 0 heterocycles. The van der Waals surface area contributed by atoms with Gasteiger partial charge in [-0.25, -0.2) is 0 Å². The second kappa shape index (κ2) is 5.38. The van der Waals surface area contributed by atoms with Crippen molar-refractivity contribution in [2.24, 2.45) is 17.6 Å². The highest BCUT2D eigenvalue weighted by molar-refractivity contribution is 5.79. The zero-order chi connectivity index (χ0) is 12.4. The van der Waals surface area contributed by atoms with E-state index in [1.165, 1.54) is 12.8 Å². The fourth-order valence-electron chi connectivity index (χ4n) is 2.88. The van der Waals surface area contributed by atoms with Crippen LogP contribution in [0.3, 0.4) is 0 Å². The molecule has 0 aliphatic heterocycles. The van der Waals surface area contributed by atoms with E-state index >= 15 is 0 Å². The van der Waals surface area contributed by atoms with Crippen LogP contribution in [0.1, 0.15) is 52.4 Å². The van der Waals surface area contributed by atoms with Gasteiger partial charge in [-0.3, -0.25) is 4.79 Å². The number of hydrogen-bond acceptors (Lipinski definition) is 2. The van der Waals surface area contributed by atoms with Crippen LogP contribution in [0.4, 0.5) is 0 Å². The van der Waals surface area contributed by atoms with Crippen molar-refractivity contribution in [3.8, 4) is 0 Å². The SMILES string of the molecule is CC(C)CN(C(=O)C1CCCC(N)C1)C1CC1. The van der Waals surface area contributed by atoms with Crippen molar-refractivity contribution in [1.29, 1.82) is 0 Å². The molecular formula is C14H26N2O. The van der Waals surface area contributed by atoms with E-state index in [4.69, 9.17) is 5.73 Å². The fraction of sp³-hybridized carbons (Fsp3) is 0.929. The predicted molar refractivity (Wildman–Crippen MR) is 69.5 cm³/mol. The smallest absolute Gasteiger partial charge is 0.225 e. The number of nitrogens with zero attached hydrogens (tertiary/aromatic N) is 1. The highest BCUT2D eigenvalue weighted by Gasteiger charge is 2.37. The summed E-state index contributed by atoms with van der Waals surface area (Å²) in [5.74, 6) is 1.16. The molecule has 0 aromatic rings. The normalized spacial score (nSPS) is 29.4. The van der Waals surface area contributed by atoms with Gasteiger partial charge in [0, 0.05) is 24.5 Å². The average molecular weight is 238 g/mol. The quantitative estimate of drug-likeness (QED) is 0.815. The van der Waals surface area contributed by atoms with Crippen molar-refractivity contribution in [1.82, 2.24) is 4.90 Å². The van der Waals surface area contributed by atoms with Crippen molar-refractivity contribution in [3.63, 3.8) is 0 Å². The molecule has 2 N–H and O–H groups in total. The van der Waals surface area contributed by atoms with E-state index in [1.54, 1.807) is 0 Å². The summed E-state index contributed by atoms with van der Waals surface area (Å²) >= 11 is 0. The lowest BCUT2D eigenvalue weighted by atomic mass is 9.85. The summed E-state index contributed by atoms with van der Waals surface area (Å²) in [6.45, 7) is 5.31. The standard InChI is InChI=1S/C14H26N2O/c1-10(2)9-16(13-6-7-13)14(17)11-4-3-5-12(15)8-11/h10-13H,3-9,15H2,1-2H3. The Morgan fingerprint density at radius 1 is 1.29 bits per heavy atom. The second-order valence-electron chi connectivity index (χ2n) is 6.24. The Bertz CT molecular complexity index is 273. The largest absolute Gasteiger partial charge is 0.339 e. The number of carbonyl (C=O) groups excluding carboxylic acids is 1. The zero-order valence-corrected chi connectivity index (χ0v) is 11.2. The van der Waals surface area contributed by atoms with Gasteiger partial charge < -0.3 is 10.6 Å². The van der Waals surface area contributed by atoms with E-state index in [-0.39, 0.29) is 12.0 Å². The highest BCUT2D eigenvalue weighted by atomic mass is 16.2. The molecule has 2 aliphatic carbocycles. The molecule has 3 nitrogen and oxygen atoms in total. The maximum atomic E-state index is 12.5. The third-order valence-electron chi connectivity index (χ3n) is 3.90. The van der Waals surface area contributed by atoms with Crippen molar-refractivity contribution in [3.05, 3.63) is 0 Å².